The zero-order valence-electron chi connectivity index (χ0n) is 12.7. The first-order valence-corrected chi connectivity index (χ1v) is 8.22. The zero-order valence-corrected chi connectivity index (χ0v) is 12.7. The van der Waals surface area contributed by atoms with E-state index in [1.165, 1.54) is 64.6 Å². The minimum absolute atomic E-state index is 0.394. The number of nitrogens with zero attached hydrogens (tertiary/aromatic N) is 1. The zero-order chi connectivity index (χ0) is 13.0. The largest absolute Gasteiger partial charge is 0.308 e. The summed E-state index contributed by atoms with van der Waals surface area (Å²) >= 11 is 0. The molecule has 0 bridgehead atoms. The summed E-state index contributed by atoms with van der Waals surface area (Å²) in [5.74, 6) is 1.09. The maximum Gasteiger partial charge on any atom is 0.0304 e. The van der Waals surface area contributed by atoms with Crippen LogP contribution in [-0.2, 0) is 0 Å². The second kappa shape index (κ2) is 6.38. The normalized spacial score (nSPS) is 28.5. The van der Waals surface area contributed by atoms with E-state index in [2.05, 4.69) is 31.0 Å². The second-order valence-electron chi connectivity index (χ2n) is 6.49. The standard InChI is InChI=1S/C16H32N2/c1-4-15-12-17-16(5-2,6-3)13-18(15)11-7-8-14-9-10-14/h14-15,17H,4-13H2,1-3H3. The molecule has 106 valence electrons. The van der Waals surface area contributed by atoms with Crippen LogP contribution in [0.5, 0.6) is 0 Å². The summed E-state index contributed by atoms with van der Waals surface area (Å²) in [4.78, 5) is 2.78. The van der Waals surface area contributed by atoms with Crippen molar-refractivity contribution in [3.63, 3.8) is 0 Å². The van der Waals surface area contributed by atoms with Crippen LogP contribution in [0, 0.1) is 5.92 Å². The third kappa shape index (κ3) is 3.48. The van der Waals surface area contributed by atoms with Crippen molar-refractivity contribution in [1.82, 2.24) is 10.2 Å². The van der Waals surface area contributed by atoms with Gasteiger partial charge in [0.05, 0.1) is 0 Å². The van der Waals surface area contributed by atoms with Crippen LogP contribution >= 0.6 is 0 Å². The molecule has 0 aromatic heterocycles. The Labute approximate surface area is 114 Å². The fourth-order valence-corrected chi connectivity index (χ4v) is 3.41. The van der Waals surface area contributed by atoms with Crippen molar-refractivity contribution in [2.75, 3.05) is 19.6 Å². The first kappa shape index (κ1) is 14.3. The summed E-state index contributed by atoms with van der Waals surface area (Å²) in [7, 11) is 0. The fourth-order valence-electron chi connectivity index (χ4n) is 3.41. The van der Waals surface area contributed by atoms with Crippen LogP contribution in [0.15, 0.2) is 0 Å². The van der Waals surface area contributed by atoms with Crippen LogP contribution in [0.2, 0.25) is 0 Å². The average molecular weight is 252 g/mol. The molecular formula is C16H32N2. The first-order valence-electron chi connectivity index (χ1n) is 8.22. The maximum atomic E-state index is 3.83. The Morgan fingerprint density at radius 3 is 2.44 bits per heavy atom. The summed E-state index contributed by atoms with van der Waals surface area (Å²) < 4.78 is 0. The van der Waals surface area contributed by atoms with E-state index in [4.69, 9.17) is 0 Å². The van der Waals surface area contributed by atoms with Crippen molar-refractivity contribution in [2.45, 2.75) is 77.3 Å². The predicted molar refractivity (Wildman–Crippen MR) is 78.9 cm³/mol. The summed E-state index contributed by atoms with van der Waals surface area (Å²) in [6, 6.07) is 0.774. The molecule has 0 spiro atoms. The van der Waals surface area contributed by atoms with Crippen molar-refractivity contribution in [1.29, 1.82) is 0 Å². The van der Waals surface area contributed by atoms with E-state index in [1.807, 2.05) is 0 Å². The van der Waals surface area contributed by atoms with Crippen LogP contribution in [-0.4, -0.2) is 36.1 Å². The summed E-state index contributed by atoms with van der Waals surface area (Å²) in [6.07, 6.45) is 9.73. The molecule has 1 aliphatic heterocycles. The lowest BCUT2D eigenvalue weighted by molar-refractivity contribution is 0.0689. The molecule has 2 nitrogen and oxygen atoms in total. The number of hydrogen-bond acceptors (Lipinski definition) is 2. The van der Waals surface area contributed by atoms with Gasteiger partial charge >= 0.3 is 0 Å². The quantitative estimate of drug-likeness (QED) is 0.747. The third-order valence-electron chi connectivity index (χ3n) is 5.31. The van der Waals surface area contributed by atoms with Gasteiger partial charge in [0, 0.05) is 24.7 Å². The molecule has 0 aromatic carbocycles. The van der Waals surface area contributed by atoms with Gasteiger partial charge in [-0.05, 0) is 44.6 Å². The van der Waals surface area contributed by atoms with Gasteiger partial charge in [0.25, 0.3) is 0 Å². The van der Waals surface area contributed by atoms with Crippen molar-refractivity contribution in [3.05, 3.63) is 0 Å². The molecule has 18 heavy (non-hydrogen) atoms. The van der Waals surface area contributed by atoms with E-state index in [1.54, 1.807) is 0 Å². The van der Waals surface area contributed by atoms with E-state index in [-0.39, 0.29) is 0 Å². The third-order valence-corrected chi connectivity index (χ3v) is 5.31. The molecule has 0 amide bonds. The molecule has 1 saturated carbocycles. The molecule has 1 atom stereocenters. The lowest BCUT2D eigenvalue weighted by Crippen LogP contribution is -2.63. The molecular weight excluding hydrogens is 220 g/mol. The molecule has 0 radical (unpaired) electrons. The summed E-state index contributed by atoms with van der Waals surface area (Å²) in [6.45, 7) is 10.8. The van der Waals surface area contributed by atoms with Crippen molar-refractivity contribution >= 4 is 0 Å². The van der Waals surface area contributed by atoms with Crippen LogP contribution < -0.4 is 5.32 Å². The van der Waals surface area contributed by atoms with Gasteiger partial charge in [-0.3, -0.25) is 4.90 Å². The topological polar surface area (TPSA) is 15.3 Å². The Morgan fingerprint density at radius 1 is 1.17 bits per heavy atom. The van der Waals surface area contributed by atoms with Crippen LogP contribution in [0.3, 0.4) is 0 Å². The Bertz CT molecular complexity index is 243. The van der Waals surface area contributed by atoms with Crippen LogP contribution in [0.25, 0.3) is 0 Å². The van der Waals surface area contributed by atoms with Gasteiger partial charge in [0.2, 0.25) is 0 Å². The van der Waals surface area contributed by atoms with Gasteiger partial charge in [-0.25, -0.2) is 0 Å². The molecule has 2 heteroatoms. The Morgan fingerprint density at radius 2 is 1.89 bits per heavy atom. The van der Waals surface area contributed by atoms with E-state index < -0.39 is 0 Å². The highest BCUT2D eigenvalue weighted by atomic mass is 15.2. The van der Waals surface area contributed by atoms with E-state index in [0.29, 0.717) is 5.54 Å². The molecule has 1 N–H and O–H groups in total. The van der Waals surface area contributed by atoms with Gasteiger partial charge in [0.15, 0.2) is 0 Å². The average Bonchev–Trinajstić information content (AvgIpc) is 3.22. The second-order valence-corrected chi connectivity index (χ2v) is 6.49. The molecule has 1 unspecified atom stereocenters. The van der Waals surface area contributed by atoms with Gasteiger partial charge in [-0.1, -0.05) is 33.6 Å². The highest BCUT2D eigenvalue weighted by Gasteiger charge is 2.35. The Kier molecular flexibility index (Phi) is 5.08. The lowest BCUT2D eigenvalue weighted by Gasteiger charge is -2.47. The molecule has 1 saturated heterocycles. The summed E-state index contributed by atoms with van der Waals surface area (Å²) in [5, 5.41) is 3.83. The van der Waals surface area contributed by atoms with Gasteiger partial charge in [0.1, 0.15) is 0 Å². The first-order chi connectivity index (χ1) is 8.73. The molecule has 0 aromatic rings. The smallest absolute Gasteiger partial charge is 0.0304 e. The number of rotatable bonds is 7. The molecule has 1 aliphatic carbocycles. The highest BCUT2D eigenvalue weighted by Crippen LogP contribution is 2.34. The van der Waals surface area contributed by atoms with Crippen molar-refractivity contribution < 1.29 is 0 Å². The van der Waals surface area contributed by atoms with Gasteiger partial charge in [-0.15, -0.1) is 0 Å². The van der Waals surface area contributed by atoms with Crippen molar-refractivity contribution in [2.24, 2.45) is 5.92 Å². The SMILES string of the molecule is CCC1CNC(CC)(CC)CN1CCCC1CC1. The van der Waals surface area contributed by atoms with Gasteiger partial charge < -0.3 is 5.32 Å². The molecule has 2 fully saturated rings. The Balaban J connectivity index is 1.84. The minimum Gasteiger partial charge on any atom is -0.308 e. The van der Waals surface area contributed by atoms with Crippen LogP contribution in [0.4, 0.5) is 0 Å². The molecule has 2 rings (SSSR count). The maximum absolute atomic E-state index is 3.83. The predicted octanol–water partition coefficient (Wildman–Crippen LogP) is 3.42. The molecule has 1 heterocycles. The molecule has 2 aliphatic rings. The highest BCUT2D eigenvalue weighted by molar-refractivity contribution is 4.96. The monoisotopic (exact) mass is 252 g/mol. The van der Waals surface area contributed by atoms with Gasteiger partial charge in [-0.2, -0.15) is 0 Å². The lowest BCUT2D eigenvalue weighted by atomic mass is 9.88. The summed E-state index contributed by atoms with van der Waals surface area (Å²) in [5.41, 5.74) is 0.394. The van der Waals surface area contributed by atoms with E-state index in [0.717, 1.165) is 12.0 Å². The van der Waals surface area contributed by atoms with Crippen molar-refractivity contribution in [3.8, 4) is 0 Å². The van der Waals surface area contributed by atoms with E-state index >= 15 is 0 Å². The Hall–Kier alpha value is -0.0800. The number of hydrogen-bond donors (Lipinski definition) is 1. The minimum atomic E-state index is 0.394. The number of nitrogens with one attached hydrogen (secondary N) is 1. The van der Waals surface area contributed by atoms with Crippen LogP contribution in [0.1, 0.15) is 65.7 Å². The van der Waals surface area contributed by atoms with E-state index in [9.17, 15) is 0 Å². The fraction of sp³-hybridized carbons (Fsp3) is 1.00. The number of piperazine rings is 1.